The van der Waals surface area contributed by atoms with Crippen molar-refractivity contribution >= 4 is 16.8 Å². The number of carbonyl (C=O) groups excluding carboxylic acids is 1. The molecule has 0 spiro atoms. The van der Waals surface area contributed by atoms with E-state index in [0.29, 0.717) is 5.69 Å². The largest absolute Gasteiger partial charge is 0.354 e. The number of rotatable bonds is 3. The fourth-order valence-electron chi connectivity index (χ4n) is 3.81. The van der Waals surface area contributed by atoms with Crippen molar-refractivity contribution in [3.63, 3.8) is 0 Å². The molecule has 4 rings (SSSR count). The van der Waals surface area contributed by atoms with Crippen LogP contribution in [0.5, 0.6) is 0 Å². The monoisotopic (exact) mass is 371 g/mol. The Morgan fingerprint density at radius 3 is 2.46 bits per heavy atom. The minimum Gasteiger partial charge on any atom is -0.354 e. The van der Waals surface area contributed by atoms with Gasteiger partial charge >= 0.3 is 0 Å². The lowest BCUT2D eigenvalue weighted by atomic mass is 9.90. The van der Waals surface area contributed by atoms with Crippen molar-refractivity contribution < 1.29 is 4.79 Å². The first-order chi connectivity index (χ1) is 13.5. The summed E-state index contributed by atoms with van der Waals surface area (Å²) >= 11 is 0. The fraction of sp³-hybridized carbons (Fsp3) is 0.182. The van der Waals surface area contributed by atoms with E-state index >= 15 is 0 Å². The van der Waals surface area contributed by atoms with E-state index in [-0.39, 0.29) is 5.91 Å². The van der Waals surface area contributed by atoms with Gasteiger partial charge in [0.25, 0.3) is 5.91 Å². The molecular formula is C22H21N5O. The Hall–Kier alpha value is -3.54. The molecule has 0 unspecified atom stereocenters. The lowest BCUT2D eigenvalue weighted by molar-refractivity contribution is 0.0958. The molecule has 0 atom stereocenters. The Kier molecular flexibility index (Phi) is 4.39. The second kappa shape index (κ2) is 6.88. The first-order valence-corrected chi connectivity index (χ1v) is 9.07. The molecule has 0 bridgehead atoms. The number of fused-ring (bicyclic) bond motifs is 1. The molecule has 6 heteroatoms. The van der Waals surface area contributed by atoms with Gasteiger partial charge in [-0.05, 0) is 66.4 Å². The number of hydrogen-bond donors (Lipinski definition) is 1. The van der Waals surface area contributed by atoms with E-state index in [9.17, 15) is 4.79 Å². The molecule has 0 radical (unpaired) electrons. The predicted octanol–water partition coefficient (Wildman–Crippen LogP) is 3.67. The summed E-state index contributed by atoms with van der Waals surface area (Å²) in [6, 6.07) is 9.86. The van der Waals surface area contributed by atoms with Crippen LogP contribution in [-0.2, 0) is 7.05 Å². The van der Waals surface area contributed by atoms with E-state index in [1.165, 1.54) is 0 Å². The average molecular weight is 371 g/mol. The van der Waals surface area contributed by atoms with Crippen LogP contribution in [0.15, 0.2) is 48.9 Å². The van der Waals surface area contributed by atoms with E-state index in [1.54, 1.807) is 25.6 Å². The van der Waals surface area contributed by atoms with Crippen LogP contribution in [0.25, 0.3) is 33.3 Å². The van der Waals surface area contributed by atoms with Gasteiger partial charge in [0.15, 0.2) is 0 Å². The molecule has 3 heterocycles. The lowest BCUT2D eigenvalue weighted by Gasteiger charge is -2.17. The number of hydrogen-bond acceptors (Lipinski definition) is 4. The maximum Gasteiger partial charge on any atom is 0.269 e. The number of aryl methyl sites for hydroxylation is 3. The van der Waals surface area contributed by atoms with Crippen molar-refractivity contribution in [2.75, 3.05) is 7.05 Å². The van der Waals surface area contributed by atoms with Gasteiger partial charge in [0, 0.05) is 43.6 Å². The van der Waals surface area contributed by atoms with Gasteiger partial charge in [0.2, 0.25) is 0 Å². The van der Waals surface area contributed by atoms with Crippen LogP contribution < -0.4 is 5.32 Å². The number of nitrogens with one attached hydrogen (secondary N) is 1. The number of benzene rings is 1. The fourth-order valence-corrected chi connectivity index (χ4v) is 3.81. The van der Waals surface area contributed by atoms with Crippen molar-refractivity contribution in [2.24, 2.45) is 7.05 Å². The SMILES string of the molecule is CNC(=O)c1cc(-c2ccnn2C)c2c(C)c(-c3ccncc3)c(C)cc2n1. The minimum atomic E-state index is -0.209. The average Bonchev–Trinajstić information content (AvgIpc) is 3.13. The van der Waals surface area contributed by atoms with Crippen LogP contribution in [-0.4, -0.2) is 32.7 Å². The van der Waals surface area contributed by atoms with Gasteiger partial charge in [-0.25, -0.2) is 4.98 Å². The van der Waals surface area contributed by atoms with E-state index in [4.69, 9.17) is 0 Å². The predicted molar refractivity (Wildman–Crippen MR) is 110 cm³/mol. The summed E-state index contributed by atoms with van der Waals surface area (Å²) in [5, 5.41) is 8.00. The quantitative estimate of drug-likeness (QED) is 0.596. The molecule has 0 aliphatic heterocycles. The summed E-state index contributed by atoms with van der Waals surface area (Å²) in [5.41, 5.74) is 7.56. The highest BCUT2D eigenvalue weighted by Gasteiger charge is 2.19. The summed E-state index contributed by atoms with van der Waals surface area (Å²) in [6.07, 6.45) is 5.36. The smallest absolute Gasteiger partial charge is 0.269 e. The van der Waals surface area contributed by atoms with Crippen LogP contribution in [0.2, 0.25) is 0 Å². The summed E-state index contributed by atoms with van der Waals surface area (Å²) in [4.78, 5) is 21.1. The van der Waals surface area contributed by atoms with Gasteiger partial charge in [-0.15, -0.1) is 0 Å². The topological polar surface area (TPSA) is 72.7 Å². The highest BCUT2D eigenvalue weighted by atomic mass is 16.1. The summed E-state index contributed by atoms with van der Waals surface area (Å²) in [5.74, 6) is -0.209. The van der Waals surface area contributed by atoms with Gasteiger partial charge in [-0.2, -0.15) is 5.10 Å². The first-order valence-electron chi connectivity index (χ1n) is 9.07. The van der Waals surface area contributed by atoms with Gasteiger partial charge in [-0.3, -0.25) is 14.5 Å². The van der Waals surface area contributed by atoms with Crippen LogP contribution >= 0.6 is 0 Å². The van der Waals surface area contributed by atoms with Gasteiger partial charge in [0.1, 0.15) is 5.69 Å². The molecule has 1 amide bonds. The van der Waals surface area contributed by atoms with Crippen LogP contribution in [0.1, 0.15) is 21.6 Å². The first kappa shape index (κ1) is 17.9. The highest BCUT2D eigenvalue weighted by Crippen LogP contribution is 2.37. The third-order valence-corrected chi connectivity index (χ3v) is 5.07. The molecule has 0 fully saturated rings. The van der Waals surface area contributed by atoms with Crippen molar-refractivity contribution in [2.45, 2.75) is 13.8 Å². The third-order valence-electron chi connectivity index (χ3n) is 5.07. The normalized spacial score (nSPS) is 11.0. The lowest BCUT2D eigenvalue weighted by Crippen LogP contribution is -2.19. The van der Waals surface area contributed by atoms with Crippen molar-refractivity contribution in [1.29, 1.82) is 0 Å². The standard InChI is InChI=1S/C22H21N5O/c1-13-11-17-21(14(2)20(13)15-5-8-24-9-6-15)16(19-7-10-25-27(19)4)12-18(26-17)22(28)23-3/h5-12H,1-4H3,(H,23,28). The Labute approximate surface area is 163 Å². The number of amides is 1. The molecule has 4 aromatic rings. The summed E-state index contributed by atoms with van der Waals surface area (Å²) in [6.45, 7) is 4.17. The Morgan fingerprint density at radius 1 is 1.07 bits per heavy atom. The van der Waals surface area contributed by atoms with Crippen LogP contribution in [0, 0.1) is 13.8 Å². The van der Waals surface area contributed by atoms with E-state index in [1.807, 2.05) is 42.1 Å². The molecule has 140 valence electrons. The van der Waals surface area contributed by atoms with E-state index in [2.05, 4.69) is 34.2 Å². The molecule has 1 N–H and O–H groups in total. The summed E-state index contributed by atoms with van der Waals surface area (Å²) < 4.78 is 1.81. The third kappa shape index (κ3) is 2.83. The number of pyridine rings is 2. The summed E-state index contributed by atoms with van der Waals surface area (Å²) in [7, 11) is 3.51. The zero-order valence-electron chi connectivity index (χ0n) is 16.3. The Morgan fingerprint density at radius 2 is 1.82 bits per heavy atom. The number of aromatic nitrogens is 4. The molecule has 3 aromatic heterocycles. The molecule has 6 nitrogen and oxygen atoms in total. The van der Waals surface area contributed by atoms with E-state index in [0.717, 1.165) is 44.4 Å². The minimum absolute atomic E-state index is 0.209. The van der Waals surface area contributed by atoms with Crippen molar-refractivity contribution in [1.82, 2.24) is 25.1 Å². The van der Waals surface area contributed by atoms with Crippen molar-refractivity contribution in [3.05, 3.63) is 65.7 Å². The Bertz CT molecular complexity index is 1190. The molecular weight excluding hydrogens is 350 g/mol. The molecule has 0 aliphatic carbocycles. The molecule has 0 saturated heterocycles. The van der Waals surface area contributed by atoms with Crippen molar-refractivity contribution in [3.8, 4) is 22.4 Å². The molecule has 28 heavy (non-hydrogen) atoms. The molecule has 1 aromatic carbocycles. The number of carbonyl (C=O) groups is 1. The molecule has 0 saturated carbocycles. The maximum atomic E-state index is 12.3. The maximum absolute atomic E-state index is 12.3. The second-order valence-electron chi connectivity index (χ2n) is 6.80. The van der Waals surface area contributed by atoms with Gasteiger partial charge in [-0.1, -0.05) is 0 Å². The zero-order chi connectivity index (χ0) is 19.8. The number of nitrogens with zero attached hydrogens (tertiary/aromatic N) is 4. The van der Waals surface area contributed by atoms with Gasteiger partial charge in [0.05, 0.1) is 11.2 Å². The van der Waals surface area contributed by atoms with Crippen LogP contribution in [0.3, 0.4) is 0 Å². The Balaban J connectivity index is 2.12. The van der Waals surface area contributed by atoms with E-state index < -0.39 is 0 Å². The highest BCUT2D eigenvalue weighted by molar-refractivity contribution is 6.04. The van der Waals surface area contributed by atoms with Gasteiger partial charge < -0.3 is 5.32 Å². The molecule has 0 aliphatic rings. The second-order valence-corrected chi connectivity index (χ2v) is 6.80. The zero-order valence-corrected chi connectivity index (χ0v) is 16.3. The van der Waals surface area contributed by atoms with Crippen LogP contribution in [0.4, 0.5) is 0 Å².